The Morgan fingerprint density at radius 2 is 1.95 bits per heavy atom. The molecular weight excluding hydrogens is 284 g/mol. The molecule has 0 atom stereocenters. The smallest absolute Gasteiger partial charge is 0.294 e. The predicted molar refractivity (Wildman–Crippen MR) is 76.3 cm³/mol. The first kappa shape index (κ1) is 14.5. The molecule has 2 N–H and O–H groups in total. The molecule has 7 nitrogen and oxygen atoms in total. The van der Waals surface area contributed by atoms with E-state index >= 15 is 0 Å². The van der Waals surface area contributed by atoms with Crippen LogP contribution in [0.25, 0.3) is 0 Å². The van der Waals surface area contributed by atoms with Crippen LogP contribution < -0.4 is 10.6 Å². The number of benzene rings is 1. The average molecular weight is 299 g/mol. The quantitative estimate of drug-likeness (QED) is 0.666. The highest BCUT2D eigenvalue weighted by Gasteiger charge is 2.27. The van der Waals surface area contributed by atoms with E-state index in [-0.39, 0.29) is 16.3 Å². The van der Waals surface area contributed by atoms with Crippen molar-refractivity contribution in [2.45, 2.75) is 0 Å². The van der Waals surface area contributed by atoms with Crippen molar-refractivity contribution in [2.75, 3.05) is 38.1 Å². The van der Waals surface area contributed by atoms with Gasteiger partial charge in [-0.3, -0.25) is 14.9 Å². The van der Waals surface area contributed by atoms with Gasteiger partial charge >= 0.3 is 0 Å². The molecule has 0 radical (unpaired) electrons. The molecule has 1 aromatic rings. The van der Waals surface area contributed by atoms with Crippen LogP contribution in [0.3, 0.4) is 0 Å². The normalized spacial score (nSPS) is 16.2. The Kier molecular flexibility index (Phi) is 4.10. The van der Waals surface area contributed by atoms with Crippen LogP contribution in [-0.4, -0.2) is 49.0 Å². The number of piperazine rings is 1. The fourth-order valence-electron chi connectivity index (χ4n) is 2.21. The van der Waals surface area contributed by atoms with Gasteiger partial charge in [0.05, 0.1) is 9.95 Å². The van der Waals surface area contributed by atoms with Gasteiger partial charge in [0, 0.05) is 37.8 Å². The molecule has 20 heavy (non-hydrogen) atoms. The van der Waals surface area contributed by atoms with Crippen LogP contribution in [0, 0.1) is 10.1 Å². The summed E-state index contributed by atoms with van der Waals surface area (Å²) < 4.78 is 0. The van der Waals surface area contributed by atoms with Crippen LogP contribution in [0.4, 0.5) is 11.4 Å². The Labute approximate surface area is 121 Å². The molecule has 1 fully saturated rings. The summed E-state index contributed by atoms with van der Waals surface area (Å²) >= 11 is 6.12. The summed E-state index contributed by atoms with van der Waals surface area (Å²) in [5, 5.41) is 11.4. The molecule has 1 aliphatic heterocycles. The van der Waals surface area contributed by atoms with Crippen molar-refractivity contribution in [1.82, 2.24) is 4.90 Å². The molecule has 1 aromatic carbocycles. The molecule has 1 heterocycles. The van der Waals surface area contributed by atoms with Crippen molar-refractivity contribution in [2.24, 2.45) is 5.73 Å². The number of halogens is 1. The van der Waals surface area contributed by atoms with E-state index in [0.29, 0.717) is 18.8 Å². The summed E-state index contributed by atoms with van der Waals surface area (Å²) in [4.78, 5) is 25.9. The Hall–Kier alpha value is -1.86. The summed E-state index contributed by atoms with van der Waals surface area (Å²) in [6.45, 7) is 2.88. The molecule has 1 saturated heterocycles. The van der Waals surface area contributed by atoms with Crippen molar-refractivity contribution in [3.05, 3.63) is 32.8 Å². The van der Waals surface area contributed by atoms with Gasteiger partial charge in [-0.2, -0.15) is 0 Å². The number of primary amides is 1. The van der Waals surface area contributed by atoms with Gasteiger partial charge in [-0.15, -0.1) is 0 Å². The van der Waals surface area contributed by atoms with Crippen molar-refractivity contribution >= 4 is 28.9 Å². The lowest BCUT2D eigenvalue weighted by Crippen LogP contribution is -2.44. The van der Waals surface area contributed by atoms with Crippen LogP contribution in [0.1, 0.15) is 10.4 Å². The van der Waals surface area contributed by atoms with Gasteiger partial charge in [-0.05, 0) is 13.1 Å². The molecule has 1 amide bonds. The number of hydrogen-bond acceptors (Lipinski definition) is 5. The van der Waals surface area contributed by atoms with Gasteiger partial charge in [-0.1, -0.05) is 11.6 Å². The van der Waals surface area contributed by atoms with E-state index in [9.17, 15) is 14.9 Å². The van der Waals surface area contributed by atoms with Gasteiger partial charge in [0.25, 0.3) is 5.69 Å². The number of nitro groups is 1. The van der Waals surface area contributed by atoms with Crippen molar-refractivity contribution < 1.29 is 9.72 Å². The van der Waals surface area contributed by atoms with Crippen molar-refractivity contribution in [3.63, 3.8) is 0 Å². The summed E-state index contributed by atoms with van der Waals surface area (Å²) in [6, 6.07) is 2.56. The number of nitrogens with zero attached hydrogens (tertiary/aromatic N) is 3. The maximum absolute atomic E-state index is 11.2. The van der Waals surface area contributed by atoms with Crippen LogP contribution in [-0.2, 0) is 0 Å². The lowest BCUT2D eigenvalue weighted by Gasteiger charge is -2.34. The first-order chi connectivity index (χ1) is 9.40. The highest BCUT2D eigenvalue weighted by Crippen LogP contribution is 2.37. The Morgan fingerprint density at radius 1 is 1.35 bits per heavy atom. The fraction of sp³-hybridized carbons (Fsp3) is 0.417. The van der Waals surface area contributed by atoms with E-state index in [1.54, 1.807) is 0 Å². The SMILES string of the molecule is CN1CCN(c2c(Cl)cc(C(N)=O)cc2[N+](=O)[O-])CC1. The summed E-state index contributed by atoms with van der Waals surface area (Å²) in [5.74, 6) is -0.736. The van der Waals surface area contributed by atoms with E-state index in [2.05, 4.69) is 4.90 Å². The van der Waals surface area contributed by atoms with E-state index in [4.69, 9.17) is 17.3 Å². The van der Waals surface area contributed by atoms with E-state index in [1.807, 2.05) is 11.9 Å². The minimum absolute atomic E-state index is 0.0413. The van der Waals surface area contributed by atoms with E-state index < -0.39 is 10.8 Å². The van der Waals surface area contributed by atoms with Crippen LogP contribution in [0.2, 0.25) is 5.02 Å². The third kappa shape index (κ3) is 2.83. The maximum Gasteiger partial charge on any atom is 0.294 e. The molecule has 1 aliphatic rings. The molecule has 0 unspecified atom stereocenters. The summed E-state index contributed by atoms with van der Waals surface area (Å²) in [7, 11) is 1.99. The summed E-state index contributed by atoms with van der Waals surface area (Å²) in [6.07, 6.45) is 0. The number of likely N-dealkylation sites (N-methyl/N-ethyl adjacent to an activating group) is 1. The van der Waals surface area contributed by atoms with Gasteiger partial charge in [0.2, 0.25) is 5.91 Å². The second-order valence-corrected chi connectivity index (χ2v) is 5.14. The maximum atomic E-state index is 11.2. The van der Waals surface area contributed by atoms with E-state index in [1.165, 1.54) is 12.1 Å². The lowest BCUT2D eigenvalue weighted by molar-refractivity contribution is -0.384. The number of nitro benzene ring substituents is 1. The van der Waals surface area contributed by atoms with Crippen LogP contribution >= 0.6 is 11.6 Å². The monoisotopic (exact) mass is 298 g/mol. The van der Waals surface area contributed by atoms with Gasteiger partial charge in [-0.25, -0.2) is 0 Å². The number of carbonyl (C=O) groups excluding carboxylic acids is 1. The zero-order chi connectivity index (χ0) is 14.9. The third-order valence-electron chi connectivity index (χ3n) is 3.34. The summed E-state index contributed by atoms with van der Waals surface area (Å²) in [5.41, 5.74) is 5.37. The largest absolute Gasteiger partial charge is 0.366 e. The number of hydrogen-bond donors (Lipinski definition) is 1. The molecule has 0 aliphatic carbocycles. The molecule has 0 bridgehead atoms. The molecule has 0 aromatic heterocycles. The predicted octanol–water partition coefficient (Wildman–Crippen LogP) is 1.10. The Bertz CT molecular complexity index is 556. The first-order valence-electron chi connectivity index (χ1n) is 6.11. The fourth-order valence-corrected chi connectivity index (χ4v) is 2.54. The third-order valence-corrected chi connectivity index (χ3v) is 3.63. The van der Waals surface area contributed by atoms with Crippen LogP contribution in [0.5, 0.6) is 0 Å². The Morgan fingerprint density at radius 3 is 2.45 bits per heavy atom. The number of nitrogens with two attached hydrogens (primary N) is 1. The first-order valence-corrected chi connectivity index (χ1v) is 6.49. The molecule has 0 saturated carbocycles. The van der Waals surface area contributed by atoms with Crippen molar-refractivity contribution in [1.29, 1.82) is 0 Å². The number of anilines is 1. The number of rotatable bonds is 3. The topological polar surface area (TPSA) is 92.7 Å². The number of amides is 1. The highest BCUT2D eigenvalue weighted by molar-refractivity contribution is 6.34. The Balaban J connectivity index is 2.46. The van der Waals surface area contributed by atoms with Gasteiger partial charge < -0.3 is 15.5 Å². The van der Waals surface area contributed by atoms with Gasteiger partial charge in [0.15, 0.2) is 0 Å². The minimum atomic E-state index is -0.736. The second-order valence-electron chi connectivity index (χ2n) is 4.74. The minimum Gasteiger partial charge on any atom is -0.366 e. The molecule has 2 rings (SSSR count). The molecular formula is C12H15ClN4O3. The number of carbonyl (C=O) groups is 1. The van der Waals surface area contributed by atoms with Gasteiger partial charge in [0.1, 0.15) is 5.69 Å². The van der Waals surface area contributed by atoms with E-state index in [0.717, 1.165) is 13.1 Å². The zero-order valence-corrected chi connectivity index (χ0v) is 11.8. The standard InChI is InChI=1S/C12H15ClN4O3/c1-15-2-4-16(5-3-15)11-9(13)6-8(12(14)18)7-10(11)17(19)20/h6-7H,2-5H2,1H3,(H2,14,18). The zero-order valence-electron chi connectivity index (χ0n) is 11.0. The molecule has 108 valence electrons. The van der Waals surface area contributed by atoms with Crippen LogP contribution in [0.15, 0.2) is 12.1 Å². The second kappa shape index (κ2) is 5.64. The molecule has 0 spiro atoms. The average Bonchev–Trinajstić information content (AvgIpc) is 2.39. The molecule has 8 heteroatoms. The lowest BCUT2D eigenvalue weighted by atomic mass is 10.1. The van der Waals surface area contributed by atoms with Crippen molar-refractivity contribution in [3.8, 4) is 0 Å². The highest BCUT2D eigenvalue weighted by atomic mass is 35.5.